The van der Waals surface area contributed by atoms with E-state index in [2.05, 4.69) is 0 Å². The van der Waals surface area contributed by atoms with Crippen molar-refractivity contribution < 1.29 is 70.1 Å². The Kier molecular flexibility index (Phi) is 7.71. The average Bonchev–Trinajstić information content (AvgIpc) is 3.20. The molecule has 262 valence electrons. The van der Waals surface area contributed by atoms with Gasteiger partial charge in [-0.15, -0.1) is 0 Å². The van der Waals surface area contributed by atoms with E-state index in [-0.39, 0.29) is 75.0 Å². The van der Waals surface area contributed by atoms with Crippen LogP contribution in [0.1, 0.15) is 44.8 Å². The quantitative estimate of drug-likeness (QED) is 0.0950. The number of rotatable bonds is 4. The second-order valence-corrected chi connectivity index (χ2v) is 12.2. The number of aromatic hydroxyl groups is 9. The van der Waals surface area contributed by atoms with Crippen LogP contribution in [-0.4, -0.2) is 69.2 Å². The van der Waals surface area contributed by atoms with E-state index in [4.69, 9.17) is 14.2 Å². The zero-order valence-corrected chi connectivity index (χ0v) is 26.0. The van der Waals surface area contributed by atoms with Crippen LogP contribution in [-0.2, 0) is 17.6 Å². The van der Waals surface area contributed by atoms with E-state index in [9.17, 15) is 60.7 Å². The Morgan fingerprint density at radius 2 is 1.27 bits per heavy atom. The molecule has 15 nitrogen and oxygen atoms in total. The molecular weight excluding hydrogens is 672 g/mol. The largest absolute Gasteiger partial charge is 0.508 e. The maximum Gasteiger partial charge on any atom is 0.338 e. The SMILES string of the molecule is O=C(O[C@H]1Cc2c(O)cc(O)cc2O[C@H]1c1ccc(O)c(O)c1)c1cc(O)c(=O)c2c(O)c(O)cc([C@H]3Oc4cc(O)cc(O)c4C[C@H]3O)c2c1. The van der Waals surface area contributed by atoms with Gasteiger partial charge in [-0.05, 0) is 35.7 Å². The topological polar surface area (TPSA) is 264 Å². The summed E-state index contributed by atoms with van der Waals surface area (Å²) in [5, 5.41) is 103. The van der Waals surface area contributed by atoms with Crippen LogP contribution in [0.5, 0.6) is 63.2 Å². The van der Waals surface area contributed by atoms with Gasteiger partial charge in [0, 0.05) is 59.4 Å². The lowest BCUT2D eigenvalue weighted by atomic mass is 9.91. The van der Waals surface area contributed by atoms with Crippen molar-refractivity contribution in [3.05, 3.63) is 98.7 Å². The van der Waals surface area contributed by atoms with Crippen LogP contribution >= 0.6 is 0 Å². The molecule has 5 aromatic rings. The number of ether oxygens (including phenoxy) is 3. The fraction of sp³-hybridized carbons (Fsp3) is 0.167. The van der Waals surface area contributed by atoms with Crippen LogP contribution < -0.4 is 14.9 Å². The fourth-order valence-corrected chi connectivity index (χ4v) is 6.46. The highest BCUT2D eigenvalue weighted by Gasteiger charge is 2.38. The van der Waals surface area contributed by atoms with E-state index >= 15 is 0 Å². The van der Waals surface area contributed by atoms with E-state index in [0.29, 0.717) is 0 Å². The third kappa shape index (κ3) is 5.64. The number of fused-ring (bicyclic) bond motifs is 3. The van der Waals surface area contributed by atoms with E-state index in [1.54, 1.807) is 0 Å². The van der Waals surface area contributed by atoms with E-state index in [0.717, 1.165) is 36.4 Å². The van der Waals surface area contributed by atoms with Crippen LogP contribution in [0, 0.1) is 0 Å². The molecule has 0 spiro atoms. The first-order chi connectivity index (χ1) is 24.2. The first kappa shape index (κ1) is 32.8. The summed E-state index contributed by atoms with van der Waals surface area (Å²) in [5.41, 5.74) is -1.26. The third-order valence-corrected chi connectivity index (χ3v) is 8.89. The van der Waals surface area contributed by atoms with Gasteiger partial charge in [-0.2, -0.15) is 0 Å². The van der Waals surface area contributed by atoms with Crippen LogP contribution in [0.2, 0.25) is 0 Å². The number of esters is 1. The van der Waals surface area contributed by atoms with E-state index < -0.39 is 75.5 Å². The fourth-order valence-electron chi connectivity index (χ4n) is 6.46. The molecular formula is C36H28O15. The Labute approximate surface area is 285 Å². The lowest BCUT2D eigenvalue weighted by molar-refractivity contribution is -0.0188. The van der Waals surface area contributed by atoms with Crippen LogP contribution in [0.4, 0.5) is 0 Å². The molecule has 15 heteroatoms. The van der Waals surface area contributed by atoms with Crippen LogP contribution in [0.15, 0.2) is 65.5 Å². The van der Waals surface area contributed by atoms with Crippen molar-refractivity contribution in [2.75, 3.05) is 0 Å². The van der Waals surface area contributed by atoms with Gasteiger partial charge in [-0.1, -0.05) is 6.07 Å². The maximum atomic E-state index is 13.9. The van der Waals surface area contributed by atoms with E-state index in [1.165, 1.54) is 24.3 Å². The predicted molar refractivity (Wildman–Crippen MR) is 174 cm³/mol. The van der Waals surface area contributed by atoms with Crippen molar-refractivity contribution in [3.8, 4) is 63.2 Å². The summed E-state index contributed by atoms with van der Waals surface area (Å²) in [6.07, 6.45) is -5.71. The smallest absolute Gasteiger partial charge is 0.338 e. The van der Waals surface area contributed by atoms with Crippen molar-refractivity contribution in [2.45, 2.75) is 37.3 Å². The van der Waals surface area contributed by atoms with Gasteiger partial charge in [0.15, 0.2) is 41.0 Å². The van der Waals surface area contributed by atoms with Crippen LogP contribution in [0.3, 0.4) is 0 Å². The molecule has 0 aliphatic carbocycles. The Morgan fingerprint density at radius 1 is 0.647 bits per heavy atom. The first-order valence-electron chi connectivity index (χ1n) is 15.3. The number of carbonyl (C=O) groups is 1. The molecule has 2 aliphatic rings. The van der Waals surface area contributed by atoms with Crippen molar-refractivity contribution in [2.24, 2.45) is 0 Å². The monoisotopic (exact) mass is 700 g/mol. The summed E-state index contributed by atoms with van der Waals surface area (Å²) in [5.74, 6) is -6.34. The van der Waals surface area contributed by atoms with Gasteiger partial charge in [0.25, 0.3) is 0 Å². The number of aliphatic hydroxyl groups excluding tert-OH is 1. The normalized spacial score (nSPS) is 19.3. The lowest BCUT2D eigenvalue weighted by Gasteiger charge is -2.34. The number of phenols is 8. The summed E-state index contributed by atoms with van der Waals surface area (Å²) < 4.78 is 17.8. The molecule has 0 unspecified atom stereocenters. The molecule has 2 aliphatic heterocycles. The Hall–Kier alpha value is -6.74. The van der Waals surface area contributed by atoms with Gasteiger partial charge in [-0.25, -0.2) is 4.79 Å². The number of benzene rings is 4. The Balaban J connectivity index is 1.34. The summed E-state index contributed by atoms with van der Waals surface area (Å²) in [4.78, 5) is 27.3. The zero-order valence-electron chi connectivity index (χ0n) is 26.0. The number of carbonyl (C=O) groups excluding carboxylic acids is 1. The van der Waals surface area contributed by atoms with Gasteiger partial charge in [0.2, 0.25) is 5.43 Å². The molecule has 0 radical (unpaired) electrons. The summed E-state index contributed by atoms with van der Waals surface area (Å²) in [7, 11) is 0. The highest BCUT2D eigenvalue weighted by atomic mass is 16.6. The van der Waals surface area contributed by atoms with Crippen molar-refractivity contribution in [3.63, 3.8) is 0 Å². The first-order valence-corrected chi connectivity index (χ1v) is 15.3. The molecule has 0 aromatic heterocycles. The van der Waals surface area contributed by atoms with Gasteiger partial charge in [0.05, 0.1) is 17.1 Å². The lowest BCUT2D eigenvalue weighted by Crippen LogP contribution is -2.34. The van der Waals surface area contributed by atoms with Gasteiger partial charge in [0.1, 0.15) is 40.6 Å². The van der Waals surface area contributed by atoms with Gasteiger partial charge in [-0.3, -0.25) is 4.79 Å². The molecule has 0 amide bonds. The molecule has 2 heterocycles. The molecule has 51 heavy (non-hydrogen) atoms. The molecule has 0 saturated carbocycles. The third-order valence-electron chi connectivity index (χ3n) is 8.89. The zero-order chi connectivity index (χ0) is 36.5. The summed E-state index contributed by atoms with van der Waals surface area (Å²) in [6, 6.07) is 11.0. The molecule has 4 atom stereocenters. The minimum atomic E-state index is -1.43. The standard InChI is InChI=1S/C36H28O15/c37-15-6-22(40)19-11-27(45)35(50-28(19)8-15)18-10-26(44)33(47)31-17(18)3-14(5-25(43)32(31)46)36(48)51-30-12-20-23(41)7-16(38)9-29(20)49-34(30)13-1-2-21(39)24(42)4-13/h1-10,27,30,34-35,37-42,44-45,47H,11-12H2,(H,43,46)/t27-,30+,34+,35-/m1/s1. The second kappa shape index (κ2) is 12.0. The average molecular weight is 701 g/mol. The van der Waals surface area contributed by atoms with Crippen molar-refractivity contribution in [1.29, 1.82) is 0 Å². The Morgan fingerprint density at radius 3 is 1.92 bits per heavy atom. The number of aliphatic hydroxyl groups is 1. The summed E-state index contributed by atoms with van der Waals surface area (Å²) in [6.45, 7) is 0. The van der Waals surface area contributed by atoms with Crippen molar-refractivity contribution in [1.82, 2.24) is 0 Å². The summed E-state index contributed by atoms with van der Waals surface area (Å²) >= 11 is 0. The molecule has 0 bridgehead atoms. The molecule has 7 rings (SSSR count). The highest BCUT2D eigenvalue weighted by molar-refractivity contribution is 5.99. The van der Waals surface area contributed by atoms with Crippen LogP contribution in [0.25, 0.3) is 10.8 Å². The van der Waals surface area contributed by atoms with Crippen molar-refractivity contribution >= 4 is 16.7 Å². The minimum absolute atomic E-state index is 0.0332. The number of hydrogen-bond acceptors (Lipinski definition) is 15. The maximum absolute atomic E-state index is 13.9. The predicted octanol–water partition coefficient (Wildman–Crippen LogP) is 3.49. The molecule has 10 N–H and O–H groups in total. The number of hydrogen-bond donors (Lipinski definition) is 10. The molecule has 0 saturated heterocycles. The van der Waals surface area contributed by atoms with Gasteiger partial charge >= 0.3 is 5.97 Å². The number of phenolic OH excluding ortho intramolecular Hbond substituents is 8. The van der Waals surface area contributed by atoms with E-state index in [1.807, 2.05) is 0 Å². The Bertz CT molecular complexity index is 2340. The molecule has 0 fully saturated rings. The molecule has 5 aromatic carbocycles. The second-order valence-electron chi connectivity index (χ2n) is 12.2. The highest BCUT2D eigenvalue weighted by Crippen LogP contribution is 2.47. The van der Waals surface area contributed by atoms with Gasteiger partial charge < -0.3 is 65.3 Å². The minimum Gasteiger partial charge on any atom is -0.508 e.